The summed E-state index contributed by atoms with van der Waals surface area (Å²) < 4.78 is 34.3. The van der Waals surface area contributed by atoms with E-state index in [2.05, 4.69) is 26.0 Å². The predicted molar refractivity (Wildman–Crippen MR) is 252 cm³/mol. The van der Waals surface area contributed by atoms with Gasteiger partial charge in [0.1, 0.15) is 54.9 Å². The Morgan fingerprint density at radius 1 is 0.492 bits per heavy atom. The zero-order valence-corrected chi connectivity index (χ0v) is 40.7. The lowest BCUT2D eigenvalue weighted by atomic mass is 9.98. The Labute approximate surface area is 393 Å². The molecule has 384 valence electrons. The third-order valence-electron chi connectivity index (χ3n) is 12.8. The first-order valence-electron chi connectivity index (χ1n) is 26.3. The van der Waals surface area contributed by atoms with Gasteiger partial charge in [-0.25, -0.2) is 0 Å². The van der Waals surface area contributed by atoms with E-state index in [1.807, 2.05) is 0 Å². The third kappa shape index (κ3) is 27.5. The highest BCUT2D eigenvalue weighted by Crippen LogP contribution is 2.26. The maximum absolute atomic E-state index is 13.0. The largest absolute Gasteiger partial charge is 0.457 e. The van der Waals surface area contributed by atoms with Crippen molar-refractivity contribution in [3.8, 4) is 0 Å². The second-order valence-electron chi connectivity index (χ2n) is 18.7. The van der Waals surface area contributed by atoms with E-state index in [9.17, 15) is 40.5 Å². The summed E-state index contributed by atoms with van der Waals surface area (Å²) in [7, 11) is 0. The Morgan fingerprint density at radius 2 is 0.908 bits per heavy atom. The molecule has 0 aromatic carbocycles. The second-order valence-corrected chi connectivity index (χ2v) is 18.7. The molecule has 0 spiro atoms. The van der Waals surface area contributed by atoms with Crippen LogP contribution in [0, 0.1) is 0 Å². The van der Waals surface area contributed by atoms with Crippen LogP contribution in [0.1, 0.15) is 206 Å². The average molecular weight is 933 g/mol. The quantitative estimate of drug-likeness (QED) is 0.0176. The molecule has 7 N–H and O–H groups in total. The molecule has 0 aromatic rings. The SMILES string of the molecule is CCCCCCC/C=C\CCCCCCCC(=O)OC(COCCCCCCCCCCCCCCCCCCC)COC1OC(COC2OC(CO)C(O)C(O)C2O)C(O)C(O)C1O. The molecule has 14 nitrogen and oxygen atoms in total. The number of aliphatic hydroxyl groups is 7. The number of carbonyl (C=O) groups is 1. The fourth-order valence-corrected chi connectivity index (χ4v) is 8.46. The molecular weight excluding hydrogens is 837 g/mol. The van der Waals surface area contributed by atoms with Gasteiger partial charge >= 0.3 is 5.97 Å². The zero-order valence-electron chi connectivity index (χ0n) is 40.7. The van der Waals surface area contributed by atoms with E-state index in [1.54, 1.807) is 0 Å². The number of esters is 1. The first-order valence-corrected chi connectivity index (χ1v) is 26.3. The van der Waals surface area contributed by atoms with Gasteiger partial charge in [-0.15, -0.1) is 0 Å². The van der Waals surface area contributed by atoms with Crippen molar-refractivity contribution in [2.75, 3.05) is 33.0 Å². The maximum Gasteiger partial charge on any atom is 0.306 e. The monoisotopic (exact) mass is 933 g/mol. The molecule has 0 aromatic heterocycles. The lowest BCUT2D eigenvalue weighted by molar-refractivity contribution is -0.332. The number of unbranched alkanes of at least 4 members (excludes halogenated alkanes) is 26. The summed E-state index contributed by atoms with van der Waals surface area (Å²) in [4.78, 5) is 13.0. The van der Waals surface area contributed by atoms with Gasteiger partial charge in [-0.05, 0) is 38.5 Å². The van der Waals surface area contributed by atoms with Crippen molar-refractivity contribution in [2.45, 2.75) is 274 Å². The van der Waals surface area contributed by atoms with Crippen LogP contribution in [0.2, 0.25) is 0 Å². The summed E-state index contributed by atoms with van der Waals surface area (Å²) in [6.45, 7) is 3.70. The molecule has 11 unspecified atom stereocenters. The molecule has 11 atom stereocenters. The summed E-state index contributed by atoms with van der Waals surface area (Å²) >= 11 is 0. The number of hydrogen-bond donors (Lipinski definition) is 7. The summed E-state index contributed by atoms with van der Waals surface area (Å²) in [6.07, 6.45) is 24.1. The number of allylic oxidation sites excluding steroid dienone is 2. The molecule has 0 bridgehead atoms. The van der Waals surface area contributed by atoms with Crippen LogP contribution in [0.4, 0.5) is 0 Å². The highest BCUT2D eigenvalue weighted by molar-refractivity contribution is 5.69. The molecule has 2 fully saturated rings. The number of ether oxygens (including phenoxy) is 6. The van der Waals surface area contributed by atoms with Crippen molar-refractivity contribution < 1.29 is 69.0 Å². The highest BCUT2D eigenvalue weighted by atomic mass is 16.7. The Morgan fingerprint density at radius 3 is 1.40 bits per heavy atom. The van der Waals surface area contributed by atoms with E-state index in [4.69, 9.17) is 28.4 Å². The highest BCUT2D eigenvalue weighted by Gasteiger charge is 2.47. The van der Waals surface area contributed by atoms with E-state index in [0.29, 0.717) is 13.0 Å². The fraction of sp³-hybridized carbons (Fsp3) is 0.941. The molecular formula is C51H96O14. The standard InChI is InChI=1S/C51H96O14/c1-3-5-7-9-11-13-15-17-19-20-21-23-25-27-29-31-33-35-60-37-40(63-43(53)34-32-30-28-26-24-22-18-16-14-12-10-8-6-4-2)38-61-50-49(59)47(57)45(55)42(65-50)39-62-51-48(58)46(56)44(54)41(36-52)64-51/h16,18,40-42,44-52,54-59H,3-15,17,19-39H2,1-2H3/b18-16-. The van der Waals surface area contributed by atoms with Crippen molar-refractivity contribution in [2.24, 2.45) is 0 Å². The van der Waals surface area contributed by atoms with Gasteiger partial charge in [0.25, 0.3) is 0 Å². The van der Waals surface area contributed by atoms with Crippen LogP contribution >= 0.6 is 0 Å². The minimum atomic E-state index is -1.70. The number of hydrogen-bond acceptors (Lipinski definition) is 14. The Balaban J connectivity index is 1.76. The second kappa shape index (κ2) is 39.6. The van der Waals surface area contributed by atoms with E-state index in [0.717, 1.165) is 57.8 Å². The van der Waals surface area contributed by atoms with Gasteiger partial charge < -0.3 is 64.2 Å². The van der Waals surface area contributed by atoms with Crippen LogP contribution in [-0.4, -0.2) is 142 Å². The van der Waals surface area contributed by atoms with Crippen molar-refractivity contribution in [3.63, 3.8) is 0 Å². The van der Waals surface area contributed by atoms with Gasteiger partial charge in [-0.2, -0.15) is 0 Å². The van der Waals surface area contributed by atoms with E-state index < -0.39 is 80.7 Å². The Bertz CT molecular complexity index is 1130. The number of carbonyl (C=O) groups excluding carboxylic acids is 1. The van der Waals surface area contributed by atoms with Crippen LogP contribution in [0.25, 0.3) is 0 Å². The van der Waals surface area contributed by atoms with Crippen LogP contribution < -0.4 is 0 Å². The minimum Gasteiger partial charge on any atom is -0.457 e. The van der Waals surface area contributed by atoms with Gasteiger partial charge in [-0.1, -0.05) is 174 Å². The summed E-state index contributed by atoms with van der Waals surface area (Å²) in [6, 6.07) is 0. The molecule has 0 saturated carbocycles. The van der Waals surface area contributed by atoms with E-state index in [-0.39, 0.29) is 25.6 Å². The average Bonchev–Trinajstić information content (AvgIpc) is 3.30. The number of aliphatic hydroxyl groups excluding tert-OH is 7. The fourth-order valence-electron chi connectivity index (χ4n) is 8.46. The summed E-state index contributed by atoms with van der Waals surface area (Å²) in [5.74, 6) is -0.381. The van der Waals surface area contributed by atoms with Gasteiger partial charge in [0.05, 0.1) is 26.4 Å². The molecule has 0 amide bonds. The first-order chi connectivity index (χ1) is 31.6. The summed E-state index contributed by atoms with van der Waals surface area (Å²) in [5.41, 5.74) is 0. The molecule has 65 heavy (non-hydrogen) atoms. The molecule has 0 radical (unpaired) electrons. The molecule has 2 heterocycles. The van der Waals surface area contributed by atoms with Crippen molar-refractivity contribution in [1.29, 1.82) is 0 Å². The number of rotatable bonds is 42. The van der Waals surface area contributed by atoms with Crippen molar-refractivity contribution >= 4 is 5.97 Å². The van der Waals surface area contributed by atoms with Crippen molar-refractivity contribution in [1.82, 2.24) is 0 Å². The topological polar surface area (TPSA) is 214 Å². The lowest BCUT2D eigenvalue weighted by Crippen LogP contribution is -2.61. The molecule has 2 rings (SSSR count). The van der Waals surface area contributed by atoms with Crippen molar-refractivity contribution in [3.05, 3.63) is 12.2 Å². The van der Waals surface area contributed by atoms with Crippen LogP contribution in [0.5, 0.6) is 0 Å². The van der Waals surface area contributed by atoms with E-state index in [1.165, 1.54) is 122 Å². The van der Waals surface area contributed by atoms with Gasteiger partial charge in [0.15, 0.2) is 12.6 Å². The van der Waals surface area contributed by atoms with E-state index >= 15 is 0 Å². The Hall–Kier alpha value is -1.27. The Kier molecular flexibility index (Phi) is 36.4. The van der Waals surface area contributed by atoms with Gasteiger partial charge in [0.2, 0.25) is 0 Å². The normalized spacial score (nSPS) is 26.5. The zero-order chi connectivity index (χ0) is 47.3. The maximum atomic E-state index is 13.0. The van der Waals surface area contributed by atoms with Gasteiger partial charge in [0, 0.05) is 13.0 Å². The molecule has 2 saturated heterocycles. The summed E-state index contributed by atoms with van der Waals surface area (Å²) in [5, 5.41) is 72.1. The van der Waals surface area contributed by atoms with Crippen LogP contribution in [0.15, 0.2) is 12.2 Å². The first kappa shape index (κ1) is 59.9. The predicted octanol–water partition coefficient (Wildman–Crippen LogP) is 7.85. The van der Waals surface area contributed by atoms with Gasteiger partial charge in [-0.3, -0.25) is 4.79 Å². The lowest BCUT2D eigenvalue weighted by Gasteiger charge is -2.42. The van der Waals surface area contributed by atoms with Crippen LogP contribution in [0.3, 0.4) is 0 Å². The molecule has 14 heteroatoms. The third-order valence-corrected chi connectivity index (χ3v) is 12.8. The van der Waals surface area contributed by atoms with Crippen LogP contribution in [-0.2, 0) is 33.2 Å². The molecule has 2 aliphatic heterocycles. The molecule has 2 aliphatic rings. The smallest absolute Gasteiger partial charge is 0.306 e. The minimum absolute atomic E-state index is 0.0640. The molecule has 0 aliphatic carbocycles.